The topological polar surface area (TPSA) is 74.9 Å². The van der Waals surface area contributed by atoms with Gasteiger partial charge in [-0.05, 0) is 85.6 Å². The molecule has 0 bridgehead atoms. The number of thiazole rings is 1. The molecule has 0 spiro atoms. The first-order chi connectivity index (χ1) is 13.9. The Morgan fingerprint density at radius 3 is 2.52 bits per heavy atom. The average molecular weight is 411 g/mol. The first-order valence-corrected chi connectivity index (χ1v) is 10.7. The van der Waals surface area contributed by atoms with E-state index in [1.54, 1.807) is 11.3 Å². The molecule has 2 aromatic carbocycles. The number of fused-ring (bicyclic) bond motifs is 1. The maximum atomic E-state index is 11.3. The molecule has 3 aromatic rings. The molecular formula is C22H28N5OS+. The Labute approximate surface area is 175 Å². The number of rotatable bonds is 8. The van der Waals surface area contributed by atoms with Gasteiger partial charge in [0.15, 0.2) is 0 Å². The second-order valence-electron chi connectivity index (χ2n) is 7.07. The zero-order valence-corrected chi connectivity index (χ0v) is 18.3. The zero-order valence-electron chi connectivity index (χ0n) is 17.5. The molecule has 2 N–H and O–H groups in total. The summed E-state index contributed by atoms with van der Waals surface area (Å²) in [6.07, 6.45) is 0.268. The van der Waals surface area contributed by atoms with E-state index in [1.165, 1.54) is 11.3 Å². The van der Waals surface area contributed by atoms with Gasteiger partial charge >= 0.3 is 5.13 Å². The van der Waals surface area contributed by atoms with E-state index < -0.39 is 0 Å². The number of carbonyl (C=O) groups is 1. The second kappa shape index (κ2) is 9.13. The highest BCUT2D eigenvalue weighted by Crippen LogP contribution is 2.30. The van der Waals surface area contributed by atoms with E-state index in [-0.39, 0.29) is 12.3 Å². The summed E-state index contributed by atoms with van der Waals surface area (Å²) in [6, 6.07) is 12.5. The van der Waals surface area contributed by atoms with Gasteiger partial charge in [-0.1, -0.05) is 6.07 Å². The average Bonchev–Trinajstić information content (AvgIpc) is 3.03. The van der Waals surface area contributed by atoms with E-state index in [2.05, 4.69) is 73.2 Å². The minimum atomic E-state index is -0.324. The van der Waals surface area contributed by atoms with Crippen LogP contribution in [0.3, 0.4) is 0 Å². The van der Waals surface area contributed by atoms with Crippen molar-refractivity contribution >= 4 is 44.0 Å². The van der Waals surface area contributed by atoms with Gasteiger partial charge in [0.05, 0.1) is 16.2 Å². The number of aryl methyl sites for hydroxylation is 3. The van der Waals surface area contributed by atoms with Crippen molar-refractivity contribution in [3.05, 3.63) is 47.5 Å². The molecule has 0 saturated carbocycles. The third-order valence-corrected chi connectivity index (χ3v) is 6.00. The first kappa shape index (κ1) is 20.9. The molecule has 3 rings (SSSR count). The number of azo groups is 1. The number of amides is 1. The number of benzene rings is 2. The van der Waals surface area contributed by atoms with Crippen LogP contribution in [-0.2, 0) is 11.3 Å². The molecule has 1 amide bonds. The fourth-order valence-electron chi connectivity index (χ4n) is 3.33. The maximum absolute atomic E-state index is 11.3. The van der Waals surface area contributed by atoms with Crippen LogP contribution in [0.1, 0.15) is 31.4 Å². The summed E-state index contributed by atoms with van der Waals surface area (Å²) in [5.41, 5.74) is 10.7. The minimum Gasteiger partial charge on any atom is -0.372 e. The highest BCUT2D eigenvalue weighted by Gasteiger charge is 2.20. The molecular weight excluding hydrogens is 382 g/mol. The van der Waals surface area contributed by atoms with E-state index in [0.717, 1.165) is 39.7 Å². The van der Waals surface area contributed by atoms with Gasteiger partial charge in [0.25, 0.3) is 0 Å². The van der Waals surface area contributed by atoms with Crippen LogP contribution in [0, 0.1) is 13.8 Å². The number of aromatic nitrogens is 1. The summed E-state index contributed by atoms with van der Waals surface area (Å²) in [7, 11) is 0. The van der Waals surface area contributed by atoms with Crippen LogP contribution in [0.15, 0.2) is 46.6 Å². The van der Waals surface area contributed by atoms with Gasteiger partial charge in [0.1, 0.15) is 17.7 Å². The van der Waals surface area contributed by atoms with Crippen LogP contribution in [0.25, 0.3) is 10.2 Å². The molecule has 1 heterocycles. The van der Waals surface area contributed by atoms with Crippen molar-refractivity contribution in [3.8, 4) is 0 Å². The minimum absolute atomic E-state index is 0.268. The van der Waals surface area contributed by atoms with E-state index in [4.69, 9.17) is 5.73 Å². The number of nitrogens with two attached hydrogens (primary N) is 1. The van der Waals surface area contributed by atoms with E-state index >= 15 is 0 Å². The lowest BCUT2D eigenvalue weighted by Gasteiger charge is -2.21. The van der Waals surface area contributed by atoms with Crippen molar-refractivity contribution in [1.82, 2.24) is 0 Å². The summed E-state index contributed by atoms with van der Waals surface area (Å²) in [5.74, 6) is -0.324. The van der Waals surface area contributed by atoms with Crippen molar-refractivity contribution in [3.63, 3.8) is 0 Å². The Balaban J connectivity index is 1.95. The van der Waals surface area contributed by atoms with Crippen molar-refractivity contribution in [2.24, 2.45) is 16.0 Å². The van der Waals surface area contributed by atoms with Gasteiger partial charge in [-0.3, -0.25) is 4.79 Å². The summed E-state index contributed by atoms with van der Waals surface area (Å²) < 4.78 is 3.14. The van der Waals surface area contributed by atoms with Crippen LogP contribution in [0.4, 0.5) is 16.5 Å². The van der Waals surface area contributed by atoms with Crippen LogP contribution in [0.2, 0.25) is 0 Å². The van der Waals surface area contributed by atoms with Crippen molar-refractivity contribution < 1.29 is 9.36 Å². The highest BCUT2D eigenvalue weighted by molar-refractivity contribution is 7.21. The number of hydrogen-bond acceptors (Lipinski definition) is 5. The third kappa shape index (κ3) is 4.79. The molecule has 0 saturated heterocycles. The molecule has 0 atom stereocenters. The lowest BCUT2D eigenvalue weighted by Crippen LogP contribution is -2.34. The quantitative estimate of drug-likeness (QED) is 0.422. The third-order valence-electron chi connectivity index (χ3n) is 4.97. The lowest BCUT2D eigenvalue weighted by molar-refractivity contribution is -0.653. The van der Waals surface area contributed by atoms with Crippen molar-refractivity contribution in [2.75, 3.05) is 18.0 Å². The molecule has 0 aliphatic carbocycles. The fraction of sp³-hybridized carbons (Fsp3) is 0.364. The lowest BCUT2D eigenvalue weighted by atomic mass is 10.1. The Bertz CT molecular complexity index is 1050. The zero-order chi connectivity index (χ0) is 21.0. The second-order valence-corrected chi connectivity index (χ2v) is 8.08. The molecule has 0 aliphatic rings. The normalized spacial score (nSPS) is 11.4. The Hall–Kier alpha value is -2.80. The van der Waals surface area contributed by atoms with E-state index in [9.17, 15) is 4.79 Å². The molecule has 0 fully saturated rings. The summed E-state index contributed by atoms with van der Waals surface area (Å²) in [6.45, 7) is 10.9. The smallest absolute Gasteiger partial charge is 0.372 e. The number of primary amides is 1. The Morgan fingerprint density at radius 2 is 1.86 bits per heavy atom. The maximum Gasteiger partial charge on any atom is 0.409 e. The summed E-state index contributed by atoms with van der Waals surface area (Å²) in [4.78, 5) is 13.6. The summed E-state index contributed by atoms with van der Waals surface area (Å²) >= 11 is 1.57. The summed E-state index contributed by atoms with van der Waals surface area (Å²) in [5, 5.41) is 9.81. The Kier molecular flexibility index (Phi) is 6.59. The molecule has 29 heavy (non-hydrogen) atoms. The monoisotopic (exact) mass is 410 g/mol. The largest absolute Gasteiger partial charge is 0.409 e. The fourth-order valence-corrected chi connectivity index (χ4v) is 4.43. The van der Waals surface area contributed by atoms with Crippen LogP contribution >= 0.6 is 11.3 Å². The molecule has 1 aromatic heterocycles. The molecule has 0 unspecified atom stereocenters. The highest BCUT2D eigenvalue weighted by atomic mass is 32.1. The van der Waals surface area contributed by atoms with Crippen LogP contribution in [-0.4, -0.2) is 19.0 Å². The molecule has 7 heteroatoms. The van der Waals surface area contributed by atoms with Gasteiger partial charge in [0, 0.05) is 18.8 Å². The van der Waals surface area contributed by atoms with Gasteiger partial charge in [-0.15, -0.1) is 0 Å². The number of carbonyl (C=O) groups excluding carboxylic acids is 1. The standard InChI is InChI=1S/C22H27N5OS/c1-5-26(6-2)17-8-9-18(16(4)14-17)24-25-22-27(12-11-21(23)28)19-10-7-15(3)13-20(19)29-22/h7-10,13-14H,5-6,11-12H2,1-4H3,(H-,23,28)/p+1. The predicted octanol–water partition coefficient (Wildman–Crippen LogP) is 4.94. The Morgan fingerprint density at radius 1 is 1.10 bits per heavy atom. The first-order valence-electron chi connectivity index (χ1n) is 9.91. The predicted molar refractivity (Wildman–Crippen MR) is 119 cm³/mol. The van der Waals surface area contributed by atoms with E-state index in [0.29, 0.717) is 6.54 Å². The number of hydrogen-bond donors (Lipinski definition) is 1. The molecule has 6 nitrogen and oxygen atoms in total. The molecule has 152 valence electrons. The van der Waals surface area contributed by atoms with Gasteiger partial charge in [0.2, 0.25) is 5.91 Å². The number of anilines is 1. The van der Waals surface area contributed by atoms with Crippen LogP contribution < -0.4 is 15.2 Å². The molecule has 0 radical (unpaired) electrons. The van der Waals surface area contributed by atoms with Crippen LogP contribution in [0.5, 0.6) is 0 Å². The van der Waals surface area contributed by atoms with Crippen molar-refractivity contribution in [2.45, 2.75) is 40.7 Å². The van der Waals surface area contributed by atoms with Gasteiger partial charge in [-0.2, -0.15) is 0 Å². The SMILES string of the molecule is CCN(CC)c1ccc(N=Nc2sc3cc(C)ccc3[n+]2CCC(N)=O)c(C)c1. The van der Waals surface area contributed by atoms with Crippen molar-refractivity contribution in [1.29, 1.82) is 0 Å². The number of nitrogens with zero attached hydrogens (tertiary/aromatic N) is 4. The van der Waals surface area contributed by atoms with E-state index in [1.807, 2.05) is 10.6 Å². The van der Waals surface area contributed by atoms with Gasteiger partial charge < -0.3 is 10.6 Å². The molecule has 0 aliphatic heterocycles. The van der Waals surface area contributed by atoms with Gasteiger partial charge in [-0.25, -0.2) is 4.57 Å².